The highest BCUT2D eigenvalue weighted by molar-refractivity contribution is 5.75. The van der Waals surface area contributed by atoms with Gasteiger partial charge < -0.3 is 14.7 Å². The Morgan fingerprint density at radius 3 is 2.03 bits per heavy atom. The number of likely N-dealkylation sites (tertiary alicyclic amines) is 1. The molecule has 1 heterocycles. The highest BCUT2D eigenvalue weighted by atomic mass is 19.4. The zero-order valence-electron chi connectivity index (χ0n) is 20.9. The number of aryl methyl sites for hydroxylation is 1. The Hall–Kier alpha value is -2.75. The molecule has 1 aliphatic rings. The van der Waals surface area contributed by atoms with Gasteiger partial charge in [0.05, 0.1) is 23.2 Å². The summed E-state index contributed by atoms with van der Waals surface area (Å²) in [6.45, 7) is 3.81. The molecule has 3 rings (SSSR count). The van der Waals surface area contributed by atoms with Gasteiger partial charge in [-0.15, -0.1) is 0 Å². The van der Waals surface area contributed by atoms with Crippen LogP contribution in [0, 0.1) is 6.92 Å². The van der Waals surface area contributed by atoms with Crippen molar-refractivity contribution in [1.82, 2.24) is 14.7 Å². The van der Waals surface area contributed by atoms with Gasteiger partial charge in [-0.1, -0.05) is 24.3 Å². The first-order valence-corrected chi connectivity index (χ1v) is 11.7. The number of alkyl halides is 6. The van der Waals surface area contributed by atoms with E-state index in [1.165, 1.54) is 18.9 Å². The summed E-state index contributed by atoms with van der Waals surface area (Å²) < 4.78 is 80.3. The average Bonchev–Trinajstić information content (AvgIpc) is 2.81. The van der Waals surface area contributed by atoms with Crippen LogP contribution in [0.3, 0.4) is 0 Å². The molecule has 2 aromatic carbocycles. The number of amides is 2. The molecule has 10 heteroatoms. The molecule has 198 valence electrons. The van der Waals surface area contributed by atoms with Crippen molar-refractivity contribution in [2.24, 2.45) is 0 Å². The van der Waals surface area contributed by atoms with Crippen molar-refractivity contribution in [2.45, 2.75) is 57.2 Å². The van der Waals surface area contributed by atoms with Crippen molar-refractivity contribution in [3.63, 3.8) is 0 Å². The van der Waals surface area contributed by atoms with Crippen LogP contribution in [0.5, 0.6) is 0 Å². The van der Waals surface area contributed by atoms with Crippen LogP contribution in [0.1, 0.15) is 59.7 Å². The topological polar surface area (TPSA) is 26.8 Å². The van der Waals surface area contributed by atoms with E-state index in [0.29, 0.717) is 18.7 Å². The Morgan fingerprint density at radius 2 is 1.53 bits per heavy atom. The Balaban J connectivity index is 2.00. The summed E-state index contributed by atoms with van der Waals surface area (Å²) in [5.41, 5.74) is -1.07. The average molecular weight is 516 g/mol. The van der Waals surface area contributed by atoms with Gasteiger partial charge >= 0.3 is 18.4 Å². The number of piperidine rings is 1. The third-order valence-electron chi connectivity index (χ3n) is 6.99. The molecule has 2 amide bonds. The lowest BCUT2D eigenvalue weighted by Gasteiger charge is -2.46. The van der Waals surface area contributed by atoms with Gasteiger partial charge in [0.15, 0.2) is 0 Å². The lowest BCUT2D eigenvalue weighted by molar-refractivity contribution is -0.143. The van der Waals surface area contributed by atoms with Crippen molar-refractivity contribution in [3.8, 4) is 0 Å². The maximum atomic E-state index is 13.7. The van der Waals surface area contributed by atoms with Crippen molar-refractivity contribution < 1.29 is 31.1 Å². The highest BCUT2D eigenvalue weighted by Crippen LogP contribution is 2.40. The van der Waals surface area contributed by atoms with E-state index in [2.05, 4.69) is 0 Å². The minimum atomic E-state index is -4.96. The van der Waals surface area contributed by atoms with Crippen LogP contribution in [-0.4, -0.2) is 54.5 Å². The maximum absolute atomic E-state index is 13.7. The zero-order valence-corrected chi connectivity index (χ0v) is 20.9. The predicted molar refractivity (Wildman–Crippen MR) is 125 cm³/mol. The third-order valence-corrected chi connectivity index (χ3v) is 6.99. The fraction of sp³-hybridized carbons (Fsp3) is 0.500. The Morgan fingerprint density at radius 1 is 0.972 bits per heavy atom. The SMILES string of the molecule is Cc1ccccc1[C@H]1[C@H](N(C)C)CCCN1C(=O)N(C)[C@H](C)c1cc(C(F)(F)F)cc(C(F)(F)F)c1. The lowest BCUT2D eigenvalue weighted by Crippen LogP contribution is -2.53. The molecule has 2 aromatic rings. The van der Waals surface area contributed by atoms with Crippen LogP contribution in [0.25, 0.3) is 0 Å². The van der Waals surface area contributed by atoms with Gasteiger partial charge in [-0.2, -0.15) is 26.3 Å². The molecule has 0 unspecified atom stereocenters. The summed E-state index contributed by atoms with van der Waals surface area (Å²) >= 11 is 0. The number of carbonyl (C=O) groups is 1. The van der Waals surface area contributed by atoms with E-state index in [-0.39, 0.29) is 23.7 Å². The fourth-order valence-corrected chi connectivity index (χ4v) is 4.84. The molecule has 1 fully saturated rings. The van der Waals surface area contributed by atoms with Gasteiger partial charge in [0.25, 0.3) is 0 Å². The molecule has 0 spiro atoms. The van der Waals surface area contributed by atoms with Crippen LogP contribution in [0.2, 0.25) is 0 Å². The number of hydrogen-bond acceptors (Lipinski definition) is 2. The van der Waals surface area contributed by atoms with Crippen LogP contribution in [0.15, 0.2) is 42.5 Å². The third kappa shape index (κ3) is 5.79. The first kappa shape index (κ1) is 27.8. The Kier molecular flexibility index (Phi) is 7.98. The predicted octanol–water partition coefficient (Wildman–Crippen LogP) is 6.91. The summed E-state index contributed by atoms with van der Waals surface area (Å²) in [7, 11) is 5.27. The van der Waals surface area contributed by atoms with Crippen molar-refractivity contribution in [3.05, 3.63) is 70.3 Å². The number of carbonyl (C=O) groups excluding carboxylic acids is 1. The summed E-state index contributed by atoms with van der Waals surface area (Å²) in [4.78, 5) is 18.7. The molecule has 1 saturated heterocycles. The van der Waals surface area contributed by atoms with Crippen LogP contribution < -0.4 is 0 Å². The number of urea groups is 1. The molecule has 0 aromatic heterocycles. The second-order valence-corrected chi connectivity index (χ2v) is 9.58. The number of nitrogens with zero attached hydrogens (tertiary/aromatic N) is 3. The highest BCUT2D eigenvalue weighted by Gasteiger charge is 2.41. The van der Waals surface area contributed by atoms with E-state index in [0.717, 1.165) is 24.0 Å². The van der Waals surface area contributed by atoms with E-state index >= 15 is 0 Å². The summed E-state index contributed by atoms with van der Waals surface area (Å²) in [5.74, 6) is 0. The minimum Gasteiger partial charge on any atom is -0.321 e. The molecule has 0 radical (unpaired) electrons. The molecule has 0 bridgehead atoms. The molecular weight excluding hydrogens is 484 g/mol. The van der Waals surface area contributed by atoms with Gasteiger partial charge in [0, 0.05) is 19.6 Å². The van der Waals surface area contributed by atoms with Gasteiger partial charge in [-0.05, 0) is 75.7 Å². The van der Waals surface area contributed by atoms with Crippen LogP contribution in [-0.2, 0) is 12.4 Å². The van der Waals surface area contributed by atoms with Gasteiger partial charge in [-0.25, -0.2) is 4.79 Å². The lowest BCUT2D eigenvalue weighted by atomic mass is 9.87. The Labute approximate surface area is 207 Å². The number of halogens is 6. The monoisotopic (exact) mass is 515 g/mol. The van der Waals surface area contributed by atoms with Crippen molar-refractivity contribution >= 4 is 6.03 Å². The maximum Gasteiger partial charge on any atom is 0.416 e. The number of rotatable bonds is 4. The summed E-state index contributed by atoms with van der Waals surface area (Å²) in [5, 5.41) is 0. The smallest absolute Gasteiger partial charge is 0.321 e. The Bertz CT molecular complexity index is 1050. The molecule has 0 N–H and O–H groups in total. The van der Waals surface area contributed by atoms with Crippen LogP contribution in [0.4, 0.5) is 31.1 Å². The number of hydrogen-bond donors (Lipinski definition) is 0. The molecule has 4 nitrogen and oxygen atoms in total. The second kappa shape index (κ2) is 10.3. The first-order valence-electron chi connectivity index (χ1n) is 11.7. The van der Waals surface area contributed by atoms with Gasteiger partial charge in [0.2, 0.25) is 0 Å². The van der Waals surface area contributed by atoms with Gasteiger partial charge in [0.1, 0.15) is 0 Å². The first-order chi connectivity index (χ1) is 16.6. The zero-order chi connectivity index (χ0) is 27.0. The number of likely N-dealkylation sites (N-methyl/N-ethyl adjacent to an activating group) is 1. The van der Waals surface area contributed by atoms with Gasteiger partial charge in [-0.3, -0.25) is 0 Å². The van der Waals surface area contributed by atoms with E-state index in [1.807, 2.05) is 50.2 Å². The number of benzene rings is 2. The van der Waals surface area contributed by atoms with Crippen LogP contribution >= 0.6 is 0 Å². The molecule has 0 saturated carbocycles. The van der Waals surface area contributed by atoms with Crippen molar-refractivity contribution in [1.29, 1.82) is 0 Å². The second-order valence-electron chi connectivity index (χ2n) is 9.58. The molecule has 0 aliphatic carbocycles. The molecule has 3 atom stereocenters. The summed E-state index contributed by atoms with van der Waals surface area (Å²) in [6.07, 6.45) is -8.35. The largest absolute Gasteiger partial charge is 0.416 e. The summed E-state index contributed by atoms with van der Waals surface area (Å²) in [6, 6.07) is 7.36. The standard InChI is InChI=1S/C26H31F6N3O/c1-16-9-6-7-10-21(16)23-22(33(3)4)11-8-12-35(23)24(36)34(5)17(2)18-13-19(25(27,28)29)15-20(14-18)26(30,31)32/h6-7,9-10,13-15,17,22-23H,8,11-12H2,1-5H3/t17-,22-,23+/m1/s1. The molecule has 1 aliphatic heterocycles. The van der Waals surface area contributed by atoms with E-state index < -0.39 is 35.6 Å². The molecular formula is C26H31F6N3O. The van der Waals surface area contributed by atoms with E-state index in [1.54, 1.807) is 4.90 Å². The normalized spacial score (nSPS) is 19.9. The van der Waals surface area contributed by atoms with E-state index in [4.69, 9.17) is 0 Å². The minimum absolute atomic E-state index is 0.00195. The van der Waals surface area contributed by atoms with Crippen molar-refractivity contribution in [2.75, 3.05) is 27.7 Å². The quantitative estimate of drug-likeness (QED) is 0.414. The fourth-order valence-electron chi connectivity index (χ4n) is 4.84. The molecule has 36 heavy (non-hydrogen) atoms. The van der Waals surface area contributed by atoms with E-state index in [9.17, 15) is 31.1 Å².